The van der Waals surface area contributed by atoms with Crippen molar-refractivity contribution in [2.75, 3.05) is 5.32 Å². The zero-order valence-corrected chi connectivity index (χ0v) is 20.3. The van der Waals surface area contributed by atoms with Crippen LogP contribution >= 0.6 is 35.4 Å². The van der Waals surface area contributed by atoms with Crippen LogP contribution in [-0.2, 0) is 0 Å². The smallest absolute Gasteiger partial charge is 0.257 e. The second-order valence-corrected chi connectivity index (χ2v) is 8.90. The van der Waals surface area contributed by atoms with Crippen LogP contribution in [0.3, 0.4) is 0 Å². The van der Waals surface area contributed by atoms with Crippen molar-refractivity contribution in [2.45, 2.75) is 26.2 Å². The quantitative estimate of drug-likeness (QED) is 0.280. The summed E-state index contributed by atoms with van der Waals surface area (Å²) in [6.45, 7) is 4.36. The Hall–Kier alpha value is -2.93. The Labute approximate surface area is 207 Å². The molecule has 8 heteroatoms. The van der Waals surface area contributed by atoms with Crippen molar-refractivity contribution in [3.05, 3.63) is 81.8 Å². The minimum absolute atomic E-state index is 0.152. The van der Waals surface area contributed by atoms with Crippen LogP contribution in [0.2, 0.25) is 10.0 Å². The van der Waals surface area contributed by atoms with E-state index in [-0.39, 0.29) is 5.11 Å². The molecule has 0 bridgehead atoms. The third-order valence-corrected chi connectivity index (χ3v) is 6.31. The molecule has 0 aliphatic rings. The summed E-state index contributed by atoms with van der Waals surface area (Å²) in [7, 11) is 0. The number of anilines is 1. The fourth-order valence-corrected chi connectivity index (χ4v) is 3.82. The summed E-state index contributed by atoms with van der Waals surface area (Å²) in [4.78, 5) is 17.1. The van der Waals surface area contributed by atoms with E-state index in [0.717, 1.165) is 23.1 Å². The van der Waals surface area contributed by atoms with E-state index >= 15 is 0 Å². The predicted molar refractivity (Wildman–Crippen MR) is 138 cm³/mol. The molecule has 4 rings (SSSR count). The number of fused-ring (bicyclic) bond motifs is 1. The van der Waals surface area contributed by atoms with Crippen LogP contribution in [0.15, 0.2) is 65.1 Å². The number of carbonyl (C=O) groups is 1. The highest BCUT2D eigenvalue weighted by molar-refractivity contribution is 7.80. The lowest BCUT2D eigenvalue weighted by molar-refractivity contribution is 0.0977. The van der Waals surface area contributed by atoms with E-state index in [1.165, 1.54) is 11.6 Å². The van der Waals surface area contributed by atoms with E-state index in [1.807, 2.05) is 30.3 Å². The van der Waals surface area contributed by atoms with Crippen LogP contribution in [0.5, 0.6) is 0 Å². The number of thiocarbonyl (C=S) groups is 1. The molecule has 33 heavy (non-hydrogen) atoms. The highest BCUT2D eigenvalue weighted by Crippen LogP contribution is 2.29. The maximum absolute atomic E-state index is 12.4. The Morgan fingerprint density at radius 2 is 1.91 bits per heavy atom. The molecule has 0 spiro atoms. The summed E-state index contributed by atoms with van der Waals surface area (Å²) in [5, 5.41) is 6.47. The van der Waals surface area contributed by atoms with Gasteiger partial charge in [0.15, 0.2) is 10.7 Å². The van der Waals surface area contributed by atoms with Crippen molar-refractivity contribution in [2.24, 2.45) is 0 Å². The van der Waals surface area contributed by atoms with Gasteiger partial charge in [-0.3, -0.25) is 10.1 Å². The van der Waals surface area contributed by atoms with Gasteiger partial charge in [0.1, 0.15) is 5.52 Å². The molecule has 5 nitrogen and oxygen atoms in total. The first-order chi connectivity index (χ1) is 15.8. The molecule has 1 amide bonds. The van der Waals surface area contributed by atoms with E-state index in [9.17, 15) is 4.79 Å². The molecular formula is C25H21Cl2N3O2S. The molecule has 0 saturated heterocycles. The number of rotatable bonds is 5. The van der Waals surface area contributed by atoms with E-state index in [4.69, 9.17) is 39.8 Å². The van der Waals surface area contributed by atoms with Gasteiger partial charge >= 0.3 is 0 Å². The molecule has 2 N–H and O–H groups in total. The summed E-state index contributed by atoms with van der Waals surface area (Å²) < 4.78 is 5.96. The summed E-state index contributed by atoms with van der Waals surface area (Å²) in [6.07, 6.45) is 1.06. The second-order valence-electron chi connectivity index (χ2n) is 7.67. The predicted octanol–water partition coefficient (Wildman–Crippen LogP) is 7.44. The largest absolute Gasteiger partial charge is 0.436 e. The highest BCUT2D eigenvalue weighted by Gasteiger charge is 2.13. The fourth-order valence-electron chi connectivity index (χ4n) is 3.32. The molecule has 0 saturated carbocycles. The summed E-state index contributed by atoms with van der Waals surface area (Å²) in [5.41, 5.74) is 4.63. The fraction of sp³-hybridized carbons (Fsp3) is 0.160. The molecular weight excluding hydrogens is 477 g/mol. The standard InChI is InChI=1S/C25H21Cl2N3O2S/c1-3-14(2)15-8-10-22-21(13-15)29-24(32-22)17-5-4-6-18(11-17)28-25(33)30-23(31)16-7-9-19(26)20(27)12-16/h4-14H,3H2,1-2H3,(H2,28,30,31,33)/t14-/m0/s1. The first kappa shape index (κ1) is 23.2. The Balaban J connectivity index is 1.49. The van der Waals surface area contributed by atoms with Crippen molar-refractivity contribution < 1.29 is 9.21 Å². The normalized spacial score (nSPS) is 11.9. The van der Waals surface area contributed by atoms with Gasteiger partial charge in [-0.1, -0.05) is 49.2 Å². The van der Waals surface area contributed by atoms with Crippen LogP contribution in [0, 0.1) is 0 Å². The average Bonchev–Trinajstić information content (AvgIpc) is 3.24. The monoisotopic (exact) mass is 497 g/mol. The zero-order valence-electron chi connectivity index (χ0n) is 18.0. The van der Waals surface area contributed by atoms with Crippen molar-refractivity contribution >= 4 is 63.2 Å². The molecule has 1 aromatic heterocycles. The maximum atomic E-state index is 12.4. The number of amides is 1. The number of nitrogens with zero attached hydrogens (tertiary/aromatic N) is 1. The third-order valence-electron chi connectivity index (χ3n) is 5.37. The molecule has 0 radical (unpaired) electrons. The van der Waals surface area contributed by atoms with Gasteiger partial charge < -0.3 is 9.73 Å². The SMILES string of the molecule is CC[C@H](C)c1ccc2oc(-c3cccc(NC(=S)NC(=O)c4ccc(Cl)c(Cl)c4)c3)nc2c1. The Morgan fingerprint density at radius 1 is 1.09 bits per heavy atom. The molecule has 1 atom stereocenters. The molecule has 0 aliphatic heterocycles. The number of benzene rings is 3. The third kappa shape index (κ3) is 5.36. The Kier molecular flexibility index (Phi) is 6.98. The average molecular weight is 498 g/mol. The maximum Gasteiger partial charge on any atom is 0.257 e. The van der Waals surface area contributed by atoms with Crippen molar-refractivity contribution in [3.63, 3.8) is 0 Å². The second kappa shape index (κ2) is 9.91. The Bertz CT molecular complexity index is 1350. The first-order valence-corrected chi connectivity index (χ1v) is 11.6. The van der Waals surface area contributed by atoms with E-state index in [0.29, 0.717) is 33.1 Å². The summed E-state index contributed by atoms with van der Waals surface area (Å²) in [6, 6.07) is 18.2. The van der Waals surface area contributed by atoms with E-state index < -0.39 is 5.91 Å². The minimum atomic E-state index is -0.390. The number of halogens is 2. The van der Waals surface area contributed by atoms with Gasteiger partial charge in [0, 0.05) is 16.8 Å². The van der Waals surface area contributed by atoms with Gasteiger partial charge in [0.05, 0.1) is 10.0 Å². The number of hydrogen-bond donors (Lipinski definition) is 2. The minimum Gasteiger partial charge on any atom is -0.436 e. The van der Waals surface area contributed by atoms with Gasteiger partial charge in [0.25, 0.3) is 5.91 Å². The lowest BCUT2D eigenvalue weighted by Gasteiger charge is -2.10. The van der Waals surface area contributed by atoms with Crippen LogP contribution in [-0.4, -0.2) is 16.0 Å². The van der Waals surface area contributed by atoms with Crippen LogP contribution in [0.4, 0.5) is 5.69 Å². The molecule has 0 aliphatic carbocycles. The number of aromatic nitrogens is 1. The highest BCUT2D eigenvalue weighted by atomic mass is 35.5. The van der Waals surface area contributed by atoms with Gasteiger partial charge in [-0.2, -0.15) is 0 Å². The lowest BCUT2D eigenvalue weighted by Crippen LogP contribution is -2.34. The van der Waals surface area contributed by atoms with Crippen LogP contribution in [0.1, 0.15) is 42.1 Å². The Morgan fingerprint density at radius 3 is 2.67 bits per heavy atom. The first-order valence-electron chi connectivity index (χ1n) is 10.4. The van der Waals surface area contributed by atoms with Crippen LogP contribution in [0.25, 0.3) is 22.6 Å². The van der Waals surface area contributed by atoms with Crippen molar-refractivity contribution in [3.8, 4) is 11.5 Å². The number of oxazole rings is 1. The number of carbonyl (C=O) groups excluding carboxylic acids is 1. The van der Waals surface area contributed by atoms with Gasteiger partial charge in [0.2, 0.25) is 5.89 Å². The van der Waals surface area contributed by atoms with Crippen LogP contribution < -0.4 is 10.6 Å². The number of hydrogen-bond acceptors (Lipinski definition) is 4. The van der Waals surface area contributed by atoms with Crippen molar-refractivity contribution in [1.29, 1.82) is 0 Å². The van der Waals surface area contributed by atoms with Crippen molar-refractivity contribution in [1.82, 2.24) is 10.3 Å². The molecule has 0 fully saturated rings. The lowest BCUT2D eigenvalue weighted by atomic mass is 9.98. The summed E-state index contributed by atoms with van der Waals surface area (Å²) in [5.74, 6) is 0.584. The van der Waals surface area contributed by atoms with Gasteiger partial charge in [-0.05, 0) is 78.7 Å². The molecule has 168 valence electrons. The summed E-state index contributed by atoms with van der Waals surface area (Å²) >= 11 is 17.2. The molecule has 4 aromatic rings. The number of nitrogens with one attached hydrogen (secondary N) is 2. The molecule has 1 heterocycles. The topological polar surface area (TPSA) is 67.2 Å². The van der Waals surface area contributed by atoms with E-state index in [1.54, 1.807) is 12.1 Å². The van der Waals surface area contributed by atoms with Gasteiger partial charge in [-0.15, -0.1) is 0 Å². The zero-order chi connectivity index (χ0) is 23.5. The van der Waals surface area contributed by atoms with E-state index in [2.05, 4.69) is 41.6 Å². The molecule has 3 aromatic carbocycles. The van der Waals surface area contributed by atoms with Gasteiger partial charge in [-0.25, -0.2) is 4.98 Å². The molecule has 0 unspecified atom stereocenters.